The third-order valence-electron chi connectivity index (χ3n) is 5.44. The molecule has 0 unspecified atom stereocenters. The van der Waals surface area contributed by atoms with Gasteiger partial charge in [-0.25, -0.2) is 4.98 Å². The SMILES string of the molecule is Cc1nc2sc([C@@H](c3ccc(Cl)cc3)N3CCN(C(=O)c4ccco4)CC3)c(O)n2n1. The molecule has 1 aliphatic heterocycles. The first-order chi connectivity index (χ1) is 15.0. The van der Waals surface area contributed by atoms with Crippen LogP contribution in [0.4, 0.5) is 0 Å². The topological polar surface area (TPSA) is 87.1 Å². The molecule has 1 atom stereocenters. The van der Waals surface area contributed by atoms with Gasteiger partial charge in [0.15, 0.2) is 5.76 Å². The number of furan rings is 1. The lowest BCUT2D eigenvalue weighted by Gasteiger charge is -2.38. The third kappa shape index (κ3) is 3.69. The summed E-state index contributed by atoms with van der Waals surface area (Å²) >= 11 is 7.53. The third-order valence-corrected chi connectivity index (χ3v) is 6.76. The summed E-state index contributed by atoms with van der Waals surface area (Å²) in [5, 5.41) is 15.9. The first-order valence-electron chi connectivity index (χ1n) is 9.88. The number of carbonyl (C=O) groups is 1. The van der Waals surface area contributed by atoms with Crippen LogP contribution in [0.25, 0.3) is 4.96 Å². The van der Waals surface area contributed by atoms with Crippen molar-refractivity contribution in [1.29, 1.82) is 0 Å². The summed E-state index contributed by atoms with van der Waals surface area (Å²) in [6.45, 7) is 4.21. The fraction of sp³-hybridized carbons (Fsp3) is 0.286. The zero-order valence-electron chi connectivity index (χ0n) is 16.7. The molecule has 5 rings (SSSR count). The van der Waals surface area contributed by atoms with Crippen LogP contribution in [0.2, 0.25) is 5.02 Å². The number of carbonyl (C=O) groups excluding carboxylic acids is 1. The van der Waals surface area contributed by atoms with Crippen molar-refractivity contribution in [2.24, 2.45) is 0 Å². The molecular weight excluding hydrogens is 438 g/mol. The molecule has 3 aromatic heterocycles. The van der Waals surface area contributed by atoms with Crippen molar-refractivity contribution in [2.45, 2.75) is 13.0 Å². The Labute approximate surface area is 187 Å². The number of fused-ring (bicyclic) bond motifs is 1. The van der Waals surface area contributed by atoms with Gasteiger partial charge in [0.05, 0.1) is 17.2 Å². The normalized spacial score (nSPS) is 16.1. The van der Waals surface area contributed by atoms with Gasteiger partial charge < -0.3 is 14.4 Å². The fourth-order valence-corrected chi connectivity index (χ4v) is 5.23. The first-order valence-corrected chi connectivity index (χ1v) is 11.1. The molecule has 8 nitrogen and oxygen atoms in total. The molecule has 31 heavy (non-hydrogen) atoms. The zero-order chi connectivity index (χ0) is 21.5. The number of benzene rings is 1. The number of hydrogen-bond donors (Lipinski definition) is 1. The number of hydrogen-bond acceptors (Lipinski definition) is 7. The minimum Gasteiger partial charge on any atom is -0.492 e. The second-order valence-electron chi connectivity index (χ2n) is 7.40. The zero-order valence-corrected chi connectivity index (χ0v) is 18.3. The van der Waals surface area contributed by atoms with Crippen LogP contribution in [0, 0.1) is 6.92 Å². The fourth-order valence-electron chi connectivity index (χ4n) is 3.94. The highest BCUT2D eigenvalue weighted by Gasteiger charge is 2.33. The van der Waals surface area contributed by atoms with Crippen molar-refractivity contribution in [1.82, 2.24) is 24.4 Å². The van der Waals surface area contributed by atoms with Crippen molar-refractivity contribution in [3.8, 4) is 5.88 Å². The van der Waals surface area contributed by atoms with Crippen molar-refractivity contribution < 1.29 is 14.3 Å². The maximum Gasteiger partial charge on any atom is 0.289 e. The van der Waals surface area contributed by atoms with E-state index in [0.29, 0.717) is 47.7 Å². The number of rotatable bonds is 4. The molecule has 0 radical (unpaired) electrons. The van der Waals surface area contributed by atoms with Crippen molar-refractivity contribution in [3.63, 3.8) is 0 Å². The number of piperazine rings is 1. The molecule has 1 fully saturated rings. The van der Waals surface area contributed by atoms with E-state index in [1.807, 2.05) is 24.3 Å². The van der Waals surface area contributed by atoms with Crippen LogP contribution in [-0.4, -0.2) is 61.6 Å². The van der Waals surface area contributed by atoms with Crippen molar-refractivity contribution in [3.05, 3.63) is 69.7 Å². The molecule has 1 N–H and O–H groups in total. The number of aromatic nitrogens is 3. The predicted molar refractivity (Wildman–Crippen MR) is 117 cm³/mol. The highest BCUT2D eigenvalue weighted by molar-refractivity contribution is 7.17. The van der Waals surface area contributed by atoms with Gasteiger partial charge >= 0.3 is 0 Å². The van der Waals surface area contributed by atoms with Crippen molar-refractivity contribution in [2.75, 3.05) is 26.2 Å². The molecule has 1 saturated heterocycles. The Morgan fingerprint density at radius 2 is 1.94 bits per heavy atom. The Hall–Kier alpha value is -2.88. The summed E-state index contributed by atoms with van der Waals surface area (Å²) in [5.41, 5.74) is 1.01. The molecule has 0 spiro atoms. The highest BCUT2D eigenvalue weighted by Crippen LogP contribution is 2.40. The summed E-state index contributed by atoms with van der Waals surface area (Å²) in [4.78, 5) is 22.5. The van der Waals surface area contributed by atoms with E-state index in [-0.39, 0.29) is 17.8 Å². The lowest BCUT2D eigenvalue weighted by Crippen LogP contribution is -2.49. The quantitative estimate of drug-likeness (QED) is 0.504. The Morgan fingerprint density at radius 1 is 1.19 bits per heavy atom. The first kappa shape index (κ1) is 20.0. The van der Waals surface area contributed by atoms with Gasteiger partial charge in [0.25, 0.3) is 5.91 Å². The van der Waals surface area contributed by atoms with Gasteiger partial charge in [-0.2, -0.15) is 4.52 Å². The van der Waals surface area contributed by atoms with E-state index >= 15 is 0 Å². The number of aromatic hydroxyl groups is 1. The van der Waals surface area contributed by atoms with Crippen LogP contribution in [0.15, 0.2) is 47.1 Å². The second-order valence-corrected chi connectivity index (χ2v) is 8.85. The Balaban J connectivity index is 1.45. The van der Waals surface area contributed by atoms with Gasteiger partial charge in [0, 0.05) is 31.2 Å². The molecule has 160 valence electrons. The summed E-state index contributed by atoms with van der Waals surface area (Å²) < 4.78 is 6.74. The average molecular weight is 458 g/mol. The standard InChI is InChI=1S/C21H20ClN5O3S/c1-13-23-21-27(24-13)20(29)18(31-21)17(14-4-6-15(22)7-5-14)25-8-10-26(11-9-25)19(28)16-3-2-12-30-16/h2-7,12,17,29H,8-11H2,1H3/t17-/m1/s1. The molecular formula is C21H20ClN5O3S. The van der Waals surface area contributed by atoms with Gasteiger partial charge in [-0.05, 0) is 36.8 Å². The maximum atomic E-state index is 12.6. The van der Waals surface area contributed by atoms with Crippen LogP contribution in [0.1, 0.15) is 32.9 Å². The molecule has 1 aromatic carbocycles. The average Bonchev–Trinajstić information content (AvgIpc) is 3.49. The van der Waals surface area contributed by atoms with Gasteiger partial charge in [-0.15, -0.1) is 5.10 Å². The summed E-state index contributed by atoms with van der Waals surface area (Å²) in [6.07, 6.45) is 1.51. The van der Waals surface area contributed by atoms with Crippen LogP contribution in [0.5, 0.6) is 5.88 Å². The number of aryl methyl sites for hydroxylation is 1. The van der Waals surface area contributed by atoms with Crippen LogP contribution >= 0.6 is 22.9 Å². The molecule has 1 amide bonds. The van der Waals surface area contributed by atoms with E-state index in [4.69, 9.17) is 16.0 Å². The maximum absolute atomic E-state index is 12.6. The predicted octanol–water partition coefficient (Wildman–Crippen LogP) is 3.60. The largest absolute Gasteiger partial charge is 0.492 e. The van der Waals surface area contributed by atoms with E-state index in [1.165, 1.54) is 22.1 Å². The van der Waals surface area contributed by atoms with E-state index in [1.54, 1.807) is 24.0 Å². The number of amides is 1. The van der Waals surface area contributed by atoms with Crippen molar-refractivity contribution >= 4 is 33.8 Å². The number of thiazole rings is 1. The smallest absolute Gasteiger partial charge is 0.289 e. The van der Waals surface area contributed by atoms with E-state index in [9.17, 15) is 9.90 Å². The Kier molecular flexibility index (Phi) is 5.17. The summed E-state index contributed by atoms with van der Waals surface area (Å²) in [7, 11) is 0. The number of halogens is 1. The molecule has 1 aliphatic rings. The van der Waals surface area contributed by atoms with Gasteiger partial charge in [0.1, 0.15) is 5.82 Å². The van der Waals surface area contributed by atoms with Gasteiger partial charge in [-0.3, -0.25) is 9.69 Å². The van der Waals surface area contributed by atoms with E-state index in [0.717, 1.165) is 10.4 Å². The molecule has 10 heteroatoms. The molecule has 4 aromatic rings. The molecule has 0 bridgehead atoms. The van der Waals surface area contributed by atoms with E-state index < -0.39 is 0 Å². The van der Waals surface area contributed by atoms with Crippen LogP contribution in [-0.2, 0) is 0 Å². The molecule has 0 saturated carbocycles. The van der Waals surface area contributed by atoms with Crippen LogP contribution < -0.4 is 0 Å². The number of nitrogens with zero attached hydrogens (tertiary/aromatic N) is 5. The van der Waals surface area contributed by atoms with Gasteiger partial charge in [0.2, 0.25) is 10.8 Å². The Bertz CT molecular complexity index is 1210. The minimum atomic E-state index is -0.202. The summed E-state index contributed by atoms with van der Waals surface area (Å²) in [6, 6.07) is 10.8. The van der Waals surface area contributed by atoms with Gasteiger partial charge in [-0.1, -0.05) is 35.1 Å². The lowest BCUT2D eigenvalue weighted by molar-refractivity contribution is 0.0568. The minimum absolute atomic E-state index is 0.0923. The Morgan fingerprint density at radius 3 is 2.58 bits per heavy atom. The molecule has 0 aliphatic carbocycles. The second kappa shape index (κ2) is 7.99. The lowest BCUT2D eigenvalue weighted by atomic mass is 10.0. The monoisotopic (exact) mass is 457 g/mol. The highest BCUT2D eigenvalue weighted by atomic mass is 35.5. The van der Waals surface area contributed by atoms with E-state index in [2.05, 4.69) is 15.0 Å². The molecule has 4 heterocycles. The summed E-state index contributed by atoms with van der Waals surface area (Å²) in [5.74, 6) is 0.946. The van der Waals surface area contributed by atoms with Crippen LogP contribution in [0.3, 0.4) is 0 Å².